The maximum absolute atomic E-state index is 12.7. The molecular weight excluding hydrogens is 320 g/mol. The van der Waals surface area contributed by atoms with Crippen LogP contribution in [0, 0.1) is 6.92 Å². The highest BCUT2D eigenvalue weighted by molar-refractivity contribution is 7.91. The van der Waals surface area contributed by atoms with Crippen LogP contribution in [0.1, 0.15) is 5.56 Å². The van der Waals surface area contributed by atoms with Crippen molar-refractivity contribution in [3.63, 3.8) is 0 Å². The van der Waals surface area contributed by atoms with Gasteiger partial charge in [-0.05, 0) is 54.4 Å². The number of aryl methyl sites for hydroxylation is 1. The average molecular weight is 338 g/mol. The summed E-state index contributed by atoms with van der Waals surface area (Å²) >= 11 is 0. The van der Waals surface area contributed by atoms with Crippen LogP contribution in [-0.2, 0) is 9.84 Å². The second kappa shape index (κ2) is 6.49. The van der Waals surface area contributed by atoms with Gasteiger partial charge in [0.25, 0.3) is 0 Å². The first kappa shape index (κ1) is 16.3. The van der Waals surface area contributed by atoms with Gasteiger partial charge < -0.3 is 4.74 Å². The minimum atomic E-state index is -3.53. The fraction of sp³-hybridized carbons (Fsp3) is 0.100. The fourth-order valence-electron chi connectivity index (χ4n) is 2.46. The maximum Gasteiger partial charge on any atom is 0.206 e. The van der Waals surface area contributed by atoms with Gasteiger partial charge in [-0.1, -0.05) is 42.0 Å². The molecule has 0 spiro atoms. The highest BCUT2D eigenvalue weighted by atomic mass is 32.2. The molecule has 0 radical (unpaired) electrons. The SMILES string of the molecule is COc1ccc(S(=O)(=O)c2ccc(-c3ccc(C)cc3)cc2)cc1. The summed E-state index contributed by atoms with van der Waals surface area (Å²) in [5, 5.41) is 0. The van der Waals surface area contributed by atoms with Crippen molar-refractivity contribution in [2.45, 2.75) is 16.7 Å². The van der Waals surface area contributed by atoms with Crippen LogP contribution in [0.25, 0.3) is 11.1 Å². The smallest absolute Gasteiger partial charge is 0.206 e. The van der Waals surface area contributed by atoms with Crippen LogP contribution in [0.5, 0.6) is 5.75 Å². The number of ether oxygens (including phenoxy) is 1. The van der Waals surface area contributed by atoms with Gasteiger partial charge in [-0.2, -0.15) is 0 Å². The standard InChI is InChI=1S/C20H18O3S/c1-15-3-5-16(6-4-15)17-7-11-19(12-8-17)24(21,22)20-13-9-18(23-2)10-14-20/h3-14H,1-2H3. The molecule has 122 valence electrons. The number of benzene rings is 3. The Morgan fingerprint density at radius 3 is 1.54 bits per heavy atom. The first-order chi connectivity index (χ1) is 11.5. The predicted molar refractivity (Wildman–Crippen MR) is 95.1 cm³/mol. The van der Waals surface area contributed by atoms with Crippen molar-refractivity contribution < 1.29 is 13.2 Å². The Kier molecular flexibility index (Phi) is 4.40. The lowest BCUT2D eigenvalue weighted by molar-refractivity contribution is 0.414. The number of hydrogen-bond acceptors (Lipinski definition) is 3. The molecule has 0 saturated heterocycles. The lowest BCUT2D eigenvalue weighted by Crippen LogP contribution is -2.01. The van der Waals surface area contributed by atoms with Crippen LogP contribution in [0.15, 0.2) is 82.6 Å². The monoisotopic (exact) mass is 338 g/mol. The average Bonchev–Trinajstić information content (AvgIpc) is 2.62. The van der Waals surface area contributed by atoms with E-state index in [1.807, 2.05) is 43.3 Å². The second-order valence-electron chi connectivity index (χ2n) is 5.57. The molecule has 4 heteroatoms. The van der Waals surface area contributed by atoms with Gasteiger partial charge in [-0.3, -0.25) is 0 Å². The van der Waals surface area contributed by atoms with Gasteiger partial charge in [0.2, 0.25) is 9.84 Å². The molecule has 3 nitrogen and oxygen atoms in total. The van der Waals surface area contributed by atoms with Gasteiger partial charge in [-0.15, -0.1) is 0 Å². The summed E-state index contributed by atoms with van der Waals surface area (Å²) in [5.74, 6) is 0.628. The second-order valence-corrected chi connectivity index (χ2v) is 7.52. The number of methoxy groups -OCH3 is 1. The van der Waals surface area contributed by atoms with Crippen LogP contribution >= 0.6 is 0 Å². The Morgan fingerprint density at radius 2 is 1.08 bits per heavy atom. The van der Waals surface area contributed by atoms with Gasteiger partial charge >= 0.3 is 0 Å². The minimum absolute atomic E-state index is 0.256. The summed E-state index contributed by atoms with van der Waals surface area (Å²) < 4.78 is 30.4. The van der Waals surface area contributed by atoms with Crippen molar-refractivity contribution in [3.05, 3.63) is 78.4 Å². The first-order valence-electron chi connectivity index (χ1n) is 7.57. The third kappa shape index (κ3) is 3.19. The molecule has 24 heavy (non-hydrogen) atoms. The van der Waals surface area contributed by atoms with Crippen molar-refractivity contribution in [2.24, 2.45) is 0 Å². The van der Waals surface area contributed by atoms with E-state index in [0.29, 0.717) is 5.75 Å². The Hall–Kier alpha value is -2.59. The molecule has 0 bridgehead atoms. The molecule has 0 unspecified atom stereocenters. The predicted octanol–water partition coefficient (Wildman–Crippen LogP) is 4.50. The Labute approximate surface area is 142 Å². The van der Waals surface area contributed by atoms with E-state index in [2.05, 4.69) is 0 Å². The van der Waals surface area contributed by atoms with E-state index in [4.69, 9.17) is 4.74 Å². The zero-order valence-electron chi connectivity index (χ0n) is 13.6. The van der Waals surface area contributed by atoms with Gasteiger partial charge in [0.05, 0.1) is 16.9 Å². The molecule has 0 aromatic heterocycles. The number of hydrogen-bond donors (Lipinski definition) is 0. The summed E-state index contributed by atoms with van der Waals surface area (Å²) in [6.45, 7) is 2.04. The lowest BCUT2D eigenvalue weighted by Gasteiger charge is -2.07. The highest BCUT2D eigenvalue weighted by Crippen LogP contribution is 2.26. The Bertz CT molecular complexity index is 924. The van der Waals surface area contributed by atoms with E-state index >= 15 is 0 Å². The lowest BCUT2D eigenvalue weighted by atomic mass is 10.0. The maximum atomic E-state index is 12.7. The van der Waals surface area contributed by atoms with Gasteiger partial charge in [0.15, 0.2) is 0 Å². The van der Waals surface area contributed by atoms with E-state index in [9.17, 15) is 8.42 Å². The van der Waals surface area contributed by atoms with Gasteiger partial charge in [-0.25, -0.2) is 8.42 Å². The molecule has 0 atom stereocenters. The minimum Gasteiger partial charge on any atom is -0.497 e. The van der Waals surface area contributed by atoms with E-state index in [1.165, 1.54) is 5.56 Å². The number of rotatable bonds is 4. The Morgan fingerprint density at radius 1 is 0.667 bits per heavy atom. The summed E-state index contributed by atoms with van der Waals surface area (Å²) in [5.41, 5.74) is 3.25. The molecule has 0 heterocycles. The van der Waals surface area contributed by atoms with Crippen LogP contribution in [-0.4, -0.2) is 15.5 Å². The normalized spacial score (nSPS) is 11.2. The van der Waals surface area contributed by atoms with Crippen molar-refractivity contribution in [2.75, 3.05) is 7.11 Å². The summed E-state index contributed by atoms with van der Waals surface area (Å²) in [6.07, 6.45) is 0. The van der Waals surface area contributed by atoms with Crippen LogP contribution in [0.4, 0.5) is 0 Å². The quantitative estimate of drug-likeness (QED) is 0.703. The molecule has 0 N–H and O–H groups in total. The van der Waals surface area contributed by atoms with Gasteiger partial charge in [0, 0.05) is 0 Å². The number of sulfone groups is 1. The molecule has 0 aliphatic rings. The van der Waals surface area contributed by atoms with E-state index in [1.54, 1.807) is 43.5 Å². The van der Waals surface area contributed by atoms with Gasteiger partial charge in [0.1, 0.15) is 5.75 Å². The third-order valence-electron chi connectivity index (χ3n) is 3.92. The molecule has 0 saturated carbocycles. The van der Waals surface area contributed by atoms with E-state index < -0.39 is 9.84 Å². The van der Waals surface area contributed by atoms with Crippen LogP contribution < -0.4 is 4.74 Å². The zero-order chi connectivity index (χ0) is 17.2. The van der Waals surface area contributed by atoms with Crippen molar-refractivity contribution in [1.29, 1.82) is 0 Å². The molecule has 3 aromatic rings. The molecule has 0 amide bonds. The molecular formula is C20H18O3S. The molecule has 3 rings (SSSR count). The van der Waals surface area contributed by atoms with Crippen molar-refractivity contribution >= 4 is 9.84 Å². The van der Waals surface area contributed by atoms with Crippen molar-refractivity contribution in [1.82, 2.24) is 0 Å². The molecule has 3 aromatic carbocycles. The highest BCUT2D eigenvalue weighted by Gasteiger charge is 2.17. The Balaban J connectivity index is 1.92. The van der Waals surface area contributed by atoms with Crippen molar-refractivity contribution in [3.8, 4) is 16.9 Å². The zero-order valence-corrected chi connectivity index (χ0v) is 14.4. The molecule has 0 aliphatic heterocycles. The van der Waals surface area contributed by atoms with E-state index in [-0.39, 0.29) is 9.79 Å². The topological polar surface area (TPSA) is 43.4 Å². The summed E-state index contributed by atoms with van der Waals surface area (Å²) in [6, 6.07) is 21.5. The fourth-order valence-corrected chi connectivity index (χ4v) is 3.72. The molecule has 0 fully saturated rings. The summed E-state index contributed by atoms with van der Waals surface area (Å²) in [7, 11) is -1.98. The third-order valence-corrected chi connectivity index (χ3v) is 5.70. The van der Waals surface area contributed by atoms with Crippen LogP contribution in [0.3, 0.4) is 0 Å². The largest absolute Gasteiger partial charge is 0.497 e. The first-order valence-corrected chi connectivity index (χ1v) is 9.05. The molecule has 0 aliphatic carbocycles. The summed E-state index contributed by atoms with van der Waals surface area (Å²) in [4.78, 5) is 0.537. The van der Waals surface area contributed by atoms with E-state index in [0.717, 1.165) is 11.1 Å². The van der Waals surface area contributed by atoms with Crippen LogP contribution in [0.2, 0.25) is 0 Å².